The van der Waals surface area contributed by atoms with E-state index >= 15 is 0 Å². The first-order valence-electron chi connectivity index (χ1n) is 6.99. The van der Waals surface area contributed by atoms with Crippen LogP contribution in [0.5, 0.6) is 0 Å². The Kier molecular flexibility index (Phi) is 5.72. The highest BCUT2D eigenvalue weighted by atomic mass is 79.9. The second kappa shape index (κ2) is 7.09. The molecule has 0 amide bonds. The summed E-state index contributed by atoms with van der Waals surface area (Å²) in [6.07, 6.45) is 2.44. The molecule has 0 spiro atoms. The Morgan fingerprint density at radius 1 is 1.37 bits per heavy atom. The van der Waals surface area contributed by atoms with Crippen LogP contribution in [0.15, 0.2) is 27.1 Å². The second-order valence-electron chi connectivity index (χ2n) is 5.68. The quantitative estimate of drug-likeness (QED) is 0.822. The van der Waals surface area contributed by atoms with E-state index in [1.807, 2.05) is 0 Å². The minimum atomic E-state index is 0.591. The maximum Gasteiger partial charge on any atom is 0.0522 e. The maximum atomic E-state index is 3.68. The van der Waals surface area contributed by atoms with Gasteiger partial charge in [0.15, 0.2) is 0 Å². The fraction of sp³-hybridized carbons (Fsp3) is 0.600. The average molecular weight is 390 g/mol. The third-order valence-electron chi connectivity index (χ3n) is 3.48. The largest absolute Gasteiger partial charge is 0.369 e. The Hall–Kier alpha value is -0.0600. The van der Waals surface area contributed by atoms with Gasteiger partial charge in [-0.2, -0.15) is 0 Å². The Labute approximate surface area is 133 Å². The molecule has 1 aliphatic rings. The minimum absolute atomic E-state index is 0.591. The van der Waals surface area contributed by atoms with Crippen LogP contribution in [-0.2, 0) is 0 Å². The normalized spacial score (nSPS) is 20.7. The Balaban J connectivity index is 2.15. The zero-order valence-corrected chi connectivity index (χ0v) is 14.8. The second-order valence-corrected chi connectivity index (χ2v) is 7.45. The van der Waals surface area contributed by atoms with Gasteiger partial charge in [-0.25, -0.2) is 0 Å². The van der Waals surface area contributed by atoms with Crippen molar-refractivity contribution in [3.05, 3.63) is 27.1 Å². The number of hydrogen-bond donors (Lipinski definition) is 1. The van der Waals surface area contributed by atoms with Crippen molar-refractivity contribution in [1.82, 2.24) is 5.32 Å². The Morgan fingerprint density at radius 3 is 2.89 bits per heavy atom. The van der Waals surface area contributed by atoms with Crippen LogP contribution in [0.4, 0.5) is 5.69 Å². The molecule has 1 heterocycles. The van der Waals surface area contributed by atoms with Crippen molar-refractivity contribution in [2.24, 2.45) is 5.92 Å². The first-order valence-corrected chi connectivity index (χ1v) is 8.58. The van der Waals surface area contributed by atoms with E-state index in [1.54, 1.807) is 0 Å². The molecule has 1 aromatic rings. The van der Waals surface area contributed by atoms with Gasteiger partial charge in [-0.15, -0.1) is 0 Å². The number of hydrogen-bond acceptors (Lipinski definition) is 2. The fourth-order valence-electron chi connectivity index (χ4n) is 2.67. The number of benzene rings is 1. The SMILES string of the molecule is CC(C)CC1CN(c2cc(Br)ccc2Br)CCCN1. The molecule has 1 fully saturated rings. The van der Waals surface area contributed by atoms with E-state index < -0.39 is 0 Å². The van der Waals surface area contributed by atoms with Gasteiger partial charge in [0.2, 0.25) is 0 Å². The number of nitrogens with zero attached hydrogens (tertiary/aromatic N) is 1. The molecule has 1 saturated heterocycles. The summed E-state index contributed by atoms with van der Waals surface area (Å²) in [6.45, 7) is 7.93. The summed E-state index contributed by atoms with van der Waals surface area (Å²) in [6, 6.07) is 7.00. The zero-order chi connectivity index (χ0) is 13.8. The molecular weight excluding hydrogens is 368 g/mol. The molecule has 0 radical (unpaired) electrons. The van der Waals surface area contributed by atoms with Crippen molar-refractivity contribution in [2.75, 3.05) is 24.5 Å². The van der Waals surface area contributed by atoms with Gasteiger partial charge in [0.05, 0.1) is 5.69 Å². The van der Waals surface area contributed by atoms with Crippen molar-refractivity contribution in [3.8, 4) is 0 Å². The van der Waals surface area contributed by atoms with Crippen LogP contribution in [0.3, 0.4) is 0 Å². The lowest BCUT2D eigenvalue weighted by molar-refractivity contribution is 0.436. The highest BCUT2D eigenvalue weighted by molar-refractivity contribution is 9.11. The summed E-state index contributed by atoms with van der Waals surface area (Å²) < 4.78 is 2.32. The number of halogens is 2. The molecule has 0 aliphatic carbocycles. The molecule has 1 atom stereocenters. The van der Waals surface area contributed by atoms with Gasteiger partial charge in [-0.1, -0.05) is 29.8 Å². The Bertz CT molecular complexity index is 421. The summed E-state index contributed by atoms with van der Waals surface area (Å²) in [4.78, 5) is 2.50. The molecule has 0 saturated carbocycles. The molecule has 4 heteroatoms. The number of anilines is 1. The van der Waals surface area contributed by atoms with E-state index in [0.717, 1.165) is 30.0 Å². The van der Waals surface area contributed by atoms with Crippen LogP contribution in [0.2, 0.25) is 0 Å². The van der Waals surface area contributed by atoms with Gasteiger partial charge < -0.3 is 10.2 Å². The molecule has 2 rings (SSSR count). The van der Waals surface area contributed by atoms with Crippen LogP contribution in [0.1, 0.15) is 26.7 Å². The topological polar surface area (TPSA) is 15.3 Å². The van der Waals surface area contributed by atoms with Crippen molar-refractivity contribution in [2.45, 2.75) is 32.7 Å². The van der Waals surface area contributed by atoms with E-state index in [9.17, 15) is 0 Å². The summed E-state index contributed by atoms with van der Waals surface area (Å²) in [5.41, 5.74) is 1.30. The van der Waals surface area contributed by atoms with Gasteiger partial charge in [0.25, 0.3) is 0 Å². The molecular formula is C15H22Br2N2. The van der Waals surface area contributed by atoms with Crippen LogP contribution in [0, 0.1) is 5.92 Å². The lowest BCUT2D eigenvalue weighted by Crippen LogP contribution is -2.38. The molecule has 19 heavy (non-hydrogen) atoms. The van der Waals surface area contributed by atoms with Gasteiger partial charge in [0, 0.05) is 28.1 Å². The lowest BCUT2D eigenvalue weighted by atomic mass is 10.0. The Morgan fingerprint density at radius 2 is 2.16 bits per heavy atom. The lowest BCUT2D eigenvalue weighted by Gasteiger charge is -2.28. The highest BCUT2D eigenvalue weighted by Gasteiger charge is 2.20. The van der Waals surface area contributed by atoms with E-state index in [2.05, 4.69) is 74.1 Å². The predicted octanol–water partition coefficient (Wildman–Crippen LogP) is 4.43. The fourth-order valence-corrected chi connectivity index (χ4v) is 3.52. The van der Waals surface area contributed by atoms with Crippen LogP contribution < -0.4 is 10.2 Å². The van der Waals surface area contributed by atoms with Crippen molar-refractivity contribution in [3.63, 3.8) is 0 Å². The van der Waals surface area contributed by atoms with E-state index in [-0.39, 0.29) is 0 Å². The monoisotopic (exact) mass is 388 g/mol. The van der Waals surface area contributed by atoms with Gasteiger partial charge in [-0.05, 0) is 59.4 Å². The first-order chi connectivity index (χ1) is 9.06. The molecule has 0 aromatic heterocycles. The average Bonchev–Trinajstić information content (AvgIpc) is 2.57. The summed E-state index contributed by atoms with van der Waals surface area (Å²) in [5, 5.41) is 3.68. The molecule has 106 valence electrons. The predicted molar refractivity (Wildman–Crippen MR) is 89.9 cm³/mol. The van der Waals surface area contributed by atoms with E-state index in [0.29, 0.717) is 6.04 Å². The summed E-state index contributed by atoms with van der Waals surface area (Å²) >= 11 is 7.25. The minimum Gasteiger partial charge on any atom is -0.369 e. The van der Waals surface area contributed by atoms with Crippen LogP contribution in [0.25, 0.3) is 0 Å². The molecule has 1 unspecified atom stereocenters. The standard InChI is InChI=1S/C15H22Br2N2/c1-11(2)8-13-10-19(7-3-6-18-13)15-9-12(16)4-5-14(15)17/h4-5,9,11,13,18H,3,6-8,10H2,1-2H3. The van der Waals surface area contributed by atoms with E-state index in [1.165, 1.54) is 23.0 Å². The van der Waals surface area contributed by atoms with Crippen molar-refractivity contribution in [1.29, 1.82) is 0 Å². The van der Waals surface area contributed by atoms with Gasteiger partial charge >= 0.3 is 0 Å². The molecule has 1 aromatic carbocycles. The first kappa shape index (κ1) is 15.3. The van der Waals surface area contributed by atoms with E-state index in [4.69, 9.17) is 0 Å². The summed E-state index contributed by atoms with van der Waals surface area (Å²) in [7, 11) is 0. The zero-order valence-electron chi connectivity index (χ0n) is 11.6. The smallest absolute Gasteiger partial charge is 0.0522 e. The highest BCUT2D eigenvalue weighted by Crippen LogP contribution is 2.30. The van der Waals surface area contributed by atoms with Gasteiger partial charge in [-0.3, -0.25) is 0 Å². The molecule has 0 bridgehead atoms. The van der Waals surface area contributed by atoms with Crippen molar-refractivity contribution < 1.29 is 0 Å². The molecule has 2 nitrogen and oxygen atoms in total. The molecule has 1 N–H and O–H groups in total. The molecule has 1 aliphatic heterocycles. The van der Waals surface area contributed by atoms with Crippen molar-refractivity contribution >= 4 is 37.5 Å². The third kappa shape index (κ3) is 4.47. The number of rotatable bonds is 3. The summed E-state index contributed by atoms with van der Waals surface area (Å²) in [5.74, 6) is 0.739. The maximum absolute atomic E-state index is 3.68. The third-order valence-corrected chi connectivity index (χ3v) is 4.65. The van der Waals surface area contributed by atoms with Crippen LogP contribution >= 0.6 is 31.9 Å². The van der Waals surface area contributed by atoms with Crippen LogP contribution in [-0.4, -0.2) is 25.7 Å². The van der Waals surface area contributed by atoms with Gasteiger partial charge in [0.1, 0.15) is 0 Å². The number of nitrogens with one attached hydrogen (secondary N) is 1.